The molecule has 1 N–H and O–H groups in total. The lowest BCUT2D eigenvalue weighted by atomic mass is 10.1. The highest BCUT2D eigenvalue weighted by atomic mass is 16.1. The van der Waals surface area contributed by atoms with Crippen LogP contribution in [0, 0.1) is 6.92 Å². The molecule has 1 heterocycles. The zero-order valence-corrected chi connectivity index (χ0v) is 6.66. The van der Waals surface area contributed by atoms with Crippen LogP contribution in [0.1, 0.15) is 15.9 Å². The topological polar surface area (TPSA) is 45.8 Å². The first-order valence-electron chi connectivity index (χ1n) is 3.70. The summed E-state index contributed by atoms with van der Waals surface area (Å²) in [7, 11) is 0. The summed E-state index contributed by atoms with van der Waals surface area (Å²) in [6, 6.07) is 3.82. The van der Waals surface area contributed by atoms with Crippen molar-refractivity contribution in [3.8, 4) is 0 Å². The largest absolute Gasteiger partial charge is 0.298 e. The molecule has 0 spiro atoms. The monoisotopic (exact) mass is 160 g/mol. The van der Waals surface area contributed by atoms with Gasteiger partial charge in [-0.2, -0.15) is 5.10 Å². The van der Waals surface area contributed by atoms with E-state index in [1.54, 1.807) is 6.20 Å². The lowest BCUT2D eigenvalue weighted by Crippen LogP contribution is -1.83. The van der Waals surface area contributed by atoms with Gasteiger partial charge in [-0.3, -0.25) is 9.89 Å². The molecule has 2 rings (SSSR count). The van der Waals surface area contributed by atoms with Gasteiger partial charge in [0.15, 0.2) is 6.29 Å². The Labute approximate surface area is 69.4 Å². The van der Waals surface area contributed by atoms with Gasteiger partial charge in [-0.1, -0.05) is 0 Å². The number of carbonyl (C=O) groups is 1. The van der Waals surface area contributed by atoms with Crippen molar-refractivity contribution in [1.82, 2.24) is 10.2 Å². The van der Waals surface area contributed by atoms with E-state index < -0.39 is 0 Å². The van der Waals surface area contributed by atoms with E-state index in [-0.39, 0.29) is 0 Å². The first-order chi connectivity index (χ1) is 5.81. The molecule has 0 unspecified atom stereocenters. The van der Waals surface area contributed by atoms with Crippen molar-refractivity contribution in [2.45, 2.75) is 6.92 Å². The Hall–Kier alpha value is -1.64. The van der Waals surface area contributed by atoms with Crippen LogP contribution in [0.15, 0.2) is 18.3 Å². The van der Waals surface area contributed by atoms with Crippen molar-refractivity contribution in [2.75, 3.05) is 0 Å². The predicted molar refractivity (Wildman–Crippen MR) is 46.2 cm³/mol. The third-order valence-corrected chi connectivity index (χ3v) is 1.86. The van der Waals surface area contributed by atoms with E-state index in [9.17, 15) is 4.79 Å². The van der Waals surface area contributed by atoms with E-state index >= 15 is 0 Å². The minimum atomic E-state index is 0.693. The first-order valence-corrected chi connectivity index (χ1v) is 3.70. The predicted octanol–water partition coefficient (Wildman–Crippen LogP) is 1.68. The Morgan fingerprint density at radius 2 is 2.33 bits per heavy atom. The summed E-state index contributed by atoms with van der Waals surface area (Å²) in [5, 5.41) is 7.58. The van der Waals surface area contributed by atoms with E-state index in [1.807, 2.05) is 19.1 Å². The Morgan fingerprint density at radius 1 is 1.50 bits per heavy atom. The minimum Gasteiger partial charge on any atom is -0.298 e. The highest BCUT2D eigenvalue weighted by Crippen LogP contribution is 2.16. The summed E-state index contributed by atoms with van der Waals surface area (Å²) >= 11 is 0. The molecule has 0 bridgehead atoms. The fourth-order valence-corrected chi connectivity index (χ4v) is 1.33. The van der Waals surface area contributed by atoms with E-state index in [0.717, 1.165) is 22.8 Å². The number of nitrogens with one attached hydrogen (secondary N) is 1. The number of fused-ring (bicyclic) bond motifs is 1. The Morgan fingerprint density at radius 3 is 3.08 bits per heavy atom. The maximum Gasteiger partial charge on any atom is 0.150 e. The molecule has 2 aromatic rings. The van der Waals surface area contributed by atoms with Crippen LogP contribution in [-0.4, -0.2) is 16.5 Å². The standard InChI is InChI=1S/C9H8N2O/c1-6-2-7(5-12)8-4-10-11-9(8)3-6/h2-5H,1H3,(H,10,11). The van der Waals surface area contributed by atoms with Gasteiger partial charge >= 0.3 is 0 Å². The maximum atomic E-state index is 10.6. The molecular weight excluding hydrogens is 152 g/mol. The van der Waals surface area contributed by atoms with Crippen LogP contribution in [0.4, 0.5) is 0 Å². The number of H-pyrrole nitrogens is 1. The second-order valence-electron chi connectivity index (χ2n) is 2.80. The summed E-state index contributed by atoms with van der Waals surface area (Å²) in [4.78, 5) is 10.6. The third-order valence-electron chi connectivity index (χ3n) is 1.86. The summed E-state index contributed by atoms with van der Waals surface area (Å²) in [6.07, 6.45) is 2.52. The van der Waals surface area contributed by atoms with Crippen molar-refractivity contribution in [1.29, 1.82) is 0 Å². The smallest absolute Gasteiger partial charge is 0.150 e. The number of hydrogen-bond acceptors (Lipinski definition) is 2. The van der Waals surface area contributed by atoms with Crippen molar-refractivity contribution in [2.24, 2.45) is 0 Å². The molecule has 60 valence electrons. The van der Waals surface area contributed by atoms with Gasteiger partial charge in [-0.05, 0) is 24.6 Å². The number of aromatic amines is 1. The highest BCUT2D eigenvalue weighted by molar-refractivity contribution is 5.96. The van der Waals surface area contributed by atoms with E-state index in [0.29, 0.717) is 5.56 Å². The average Bonchev–Trinajstić information content (AvgIpc) is 2.50. The third kappa shape index (κ3) is 0.906. The molecule has 0 radical (unpaired) electrons. The molecule has 0 aliphatic heterocycles. The number of nitrogens with zero attached hydrogens (tertiary/aromatic N) is 1. The van der Waals surface area contributed by atoms with Gasteiger partial charge in [-0.15, -0.1) is 0 Å². The van der Waals surface area contributed by atoms with Gasteiger partial charge in [0.05, 0.1) is 11.7 Å². The number of aryl methyl sites for hydroxylation is 1. The van der Waals surface area contributed by atoms with Crippen molar-refractivity contribution in [3.05, 3.63) is 29.5 Å². The van der Waals surface area contributed by atoms with Crippen LogP contribution in [0.2, 0.25) is 0 Å². The van der Waals surface area contributed by atoms with Crippen LogP contribution < -0.4 is 0 Å². The molecule has 0 saturated carbocycles. The molecule has 12 heavy (non-hydrogen) atoms. The lowest BCUT2D eigenvalue weighted by molar-refractivity contribution is 0.112. The van der Waals surface area contributed by atoms with Gasteiger partial charge in [0.2, 0.25) is 0 Å². The second-order valence-corrected chi connectivity index (χ2v) is 2.80. The molecule has 3 nitrogen and oxygen atoms in total. The number of hydrogen-bond donors (Lipinski definition) is 1. The SMILES string of the molecule is Cc1cc(C=O)c2cn[nH]c2c1. The second kappa shape index (κ2) is 2.44. The first kappa shape index (κ1) is 7.03. The van der Waals surface area contributed by atoms with Gasteiger partial charge in [-0.25, -0.2) is 0 Å². The number of rotatable bonds is 1. The highest BCUT2D eigenvalue weighted by Gasteiger charge is 2.01. The lowest BCUT2D eigenvalue weighted by Gasteiger charge is -1.95. The van der Waals surface area contributed by atoms with Crippen LogP contribution in [0.25, 0.3) is 10.9 Å². The van der Waals surface area contributed by atoms with Crippen LogP contribution >= 0.6 is 0 Å². The fraction of sp³-hybridized carbons (Fsp3) is 0.111. The Kier molecular flexibility index (Phi) is 1.43. The van der Waals surface area contributed by atoms with Crippen molar-refractivity contribution in [3.63, 3.8) is 0 Å². The summed E-state index contributed by atoms with van der Waals surface area (Å²) in [5.41, 5.74) is 2.67. The Bertz CT molecular complexity index is 431. The zero-order valence-electron chi connectivity index (χ0n) is 6.66. The fourth-order valence-electron chi connectivity index (χ4n) is 1.33. The molecule has 0 saturated heterocycles. The minimum absolute atomic E-state index is 0.693. The van der Waals surface area contributed by atoms with Crippen molar-refractivity contribution < 1.29 is 4.79 Å². The van der Waals surface area contributed by atoms with Crippen LogP contribution in [0.5, 0.6) is 0 Å². The molecule has 0 aliphatic rings. The molecule has 0 aliphatic carbocycles. The van der Waals surface area contributed by atoms with Crippen LogP contribution in [0.3, 0.4) is 0 Å². The summed E-state index contributed by atoms with van der Waals surface area (Å²) < 4.78 is 0. The van der Waals surface area contributed by atoms with Crippen molar-refractivity contribution >= 4 is 17.2 Å². The molecule has 1 aromatic heterocycles. The quantitative estimate of drug-likeness (QED) is 0.645. The van der Waals surface area contributed by atoms with Gasteiger partial charge in [0, 0.05) is 10.9 Å². The molecule has 0 amide bonds. The average molecular weight is 160 g/mol. The molecule has 3 heteroatoms. The molecule has 0 atom stereocenters. The molecular formula is C9H8N2O. The summed E-state index contributed by atoms with van der Waals surface area (Å²) in [6.45, 7) is 1.95. The number of aromatic nitrogens is 2. The zero-order chi connectivity index (χ0) is 8.55. The van der Waals surface area contributed by atoms with Gasteiger partial charge in [0.1, 0.15) is 0 Å². The number of benzene rings is 1. The van der Waals surface area contributed by atoms with E-state index in [1.165, 1.54) is 0 Å². The van der Waals surface area contributed by atoms with E-state index in [2.05, 4.69) is 10.2 Å². The number of aldehydes is 1. The summed E-state index contributed by atoms with van der Waals surface area (Å²) in [5.74, 6) is 0. The maximum absolute atomic E-state index is 10.6. The van der Waals surface area contributed by atoms with E-state index in [4.69, 9.17) is 0 Å². The van der Waals surface area contributed by atoms with Gasteiger partial charge < -0.3 is 0 Å². The number of carbonyl (C=O) groups excluding carboxylic acids is 1. The van der Waals surface area contributed by atoms with Gasteiger partial charge in [0.25, 0.3) is 0 Å². The Balaban J connectivity index is 2.88. The molecule has 0 fully saturated rings. The normalized spacial score (nSPS) is 10.4. The van der Waals surface area contributed by atoms with Crippen LogP contribution in [-0.2, 0) is 0 Å². The molecule has 1 aromatic carbocycles.